The molecule has 0 aliphatic carbocycles. The summed E-state index contributed by atoms with van der Waals surface area (Å²) in [6, 6.07) is -12.4. The van der Waals surface area contributed by atoms with E-state index in [1.54, 1.807) is 18.8 Å². The van der Waals surface area contributed by atoms with Crippen LogP contribution in [0.2, 0.25) is 0 Å². The number of rotatable bonds is 39. The fraction of sp³-hybridized carbons (Fsp3) is 0.714. The van der Waals surface area contributed by atoms with Crippen molar-refractivity contribution < 1.29 is 68.1 Å². The number of carbonyl (C=O) groups excluding carboxylic acids is 8. The van der Waals surface area contributed by atoms with Crippen LogP contribution >= 0.6 is 35.3 Å². The minimum Gasteiger partial charge on any atom is -0.481 e. The number of guanidine groups is 1. The third kappa shape index (κ3) is 28.4. The fourth-order valence-corrected chi connectivity index (χ4v) is 7.71. The van der Waals surface area contributed by atoms with Crippen molar-refractivity contribution >= 4 is 106 Å². The number of thioether (sulfide) groups is 3. The fourth-order valence-electron chi connectivity index (χ4n) is 6.30. The SMILES string of the molecule is CSCC[C@H](NC(=O)[C@H](CCCN=C(N)N)NC(=O)[C@H](CCC(=O)O)NC(=O)[C@H](CCSC)NC(=O)[C@H](C)NC(=O)[C@H](CC(=O)O)NC(=O)[C@H](CCCCN)NC(=O)[C@H](CCSC)NC(=O)[C@H](C)N)C(=O)O. The smallest absolute Gasteiger partial charge is 0.326 e. The van der Waals surface area contributed by atoms with E-state index >= 15 is 0 Å². The summed E-state index contributed by atoms with van der Waals surface area (Å²) in [5.74, 6) is -10.6. The number of nitrogens with one attached hydrogen (secondary N) is 8. The molecule has 0 saturated heterocycles. The molecule has 27 nitrogen and oxygen atoms in total. The van der Waals surface area contributed by atoms with Crippen LogP contribution in [0.25, 0.3) is 0 Å². The molecule has 30 heteroatoms. The minimum absolute atomic E-state index is 0.00606. The molecule has 0 heterocycles. The molecule has 0 unspecified atom stereocenters. The molecule has 9 atom stereocenters. The molecule has 8 amide bonds. The van der Waals surface area contributed by atoms with E-state index < -0.39 is 139 Å². The van der Waals surface area contributed by atoms with Crippen LogP contribution in [0.5, 0.6) is 0 Å². The normalized spacial score (nSPS) is 14.7. The molecule has 72 heavy (non-hydrogen) atoms. The topological polar surface area (TPSA) is 461 Å². The van der Waals surface area contributed by atoms with Gasteiger partial charge < -0.3 is 80.8 Å². The van der Waals surface area contributed by atoms with Gasteiger partial charge in [0.25, 0.3) is 0 Å². The maximum Gasteiger partial charge on any atom is 0.326 e. The van der Waals surface area contributed by atoms with E-state index in [0.29, 0.717) is 24.3 Å². The summed E-state index contributed by atoms with van der Waals surface area (Å²) in [5.41, 5.74) is 22.1. The maximum absolute atomic E-state index is 13.9. The van der Waals surface area contributed by atoms with Gasteiger partial charge in [0.05, 0.1) is 12.5 Å². The Morgan fingerprint density at radius 1 is 0.472 bits per heavy atom. The number of nitrogens with zero attached hydrogens (tertiary/aromatic N) is 1. The zero-order chi connectivity index (χ0) is 54.9. The van der Waals surface area contributed by atoms with Crippen molar-refractivity contribution in [3.05, 3.63) is 0 Å². The van der Waals surface area contributed by atoms with E-state index in [1.807, 2.05) is 0 Å². The highest BCUT2D eigenvalue weighted by atomic mass is 32.2. The van der Waals surface area contributed by atoms with Crippen LogP contribution < -0.4 is 65.5 Å². The van der Waals surface area contributed by atoms with Gasteiger partial charge in [0.2, 0.25) is 47.3 Å². The van der Waals surface area contributed by atoms with Gasteiger partial charge in [0, 0.05) is 13.0 Å². The predicted molar refractivity (Wildman–Crippen MR) is 273 cm³/mol. The highest BCUT2D eigenvalue weighted by Gasteiger charge is 2.35. The zero-order valence-corrected chi connectivity index (χ0v) is 43.8. The second-order valence-corrected chi connectivity index (χ2v) is 19.4. The van der Waals surface area contributed by atoms with Gasteiger partial charge in [0.1, 0.15) is 48.3 Å². The van der Waals surface area contributed by atoms with Crippen molar-refractivity contribution in [2.45, 2.75) is 139 Å². The number of carboxylic acid groups (broad SMARTS) is 3. The number of aliphatic carboxylic acids is 3. The van der Waals surface area contributed by atoms with E-state index in [9.17, 15) is 68.1 Å². The molecule has 0 fully saturated rings. The lowest BCUT2D eigenvalue weighted by Gasteiger charge is -2.27. The Morgan fingerprint density at radius 2 is 0.847 bits per heavy atom. The molecule has 0 radical (unpaired) electrons. The van der Waals surface area contributed by atoms with Crippen LogP contribution in [0, 0.1) is 0 Å². The second-order valence-electron chi connectivity index (χ2n) is 16.4. The maximum atomic E-state index is 13.9. The van der Waals surface area contributed by atoms with Crippen LogP contribution in [0.4, 0.5) is 0 Å². The quantitative estimate of drug-likeness (QED) is 0.0159. The Morgan fingerprint density at radius 3 is 1.25 bits per heavy atom. The molecular weight excluding hydrogens is 1010 g/mol. The third-order valence-corrected chi connectivity index (χ3v) is 12.3. The average Bonchev–Trinajstić information content (AvgIpc) is 3.30. The lowest BCUT2D eigenvalue weighted by atomic mass is 10.1. The number of carboxylic acids is 3. The molecule has 0 aromatic carbocycles. The van der Waals surface area contributed by atoms with Crippen molar-refractivity contribution in [1.82, 2.24) is 42.5 Å². The molecule has 0 rings (SSSR count). The molecule has 0 saturated carbocycles. The number of hydrogen-bond acceptors (Lipinski definition) is 17. The van der Waals surface area contributed by atoms with Gasteiger partial charge in [-0.15, -0.1) is 0 Å². The van der Waals surface area contributed by atoms with E-state index in [1.165, 1.54) is 49.1 Å². The Hall–Kier alpha value is -5.59. The molecule has 0 aliphatic rings. The van der Waals surface area contributed by atoms with Gasteiger partial charge in [-0.05, 0) is 114 Å². The van der Waals surface area contributed by atoms with E-state index in [2.05, 4.69) is 47.5 Å². The highest BCUT2D eigenvalue weighted by Crippen LogP contribution is 2.10. The Balaban J connectivity index is 6.47. The molecule has 0 bridgehead atoms. The standard InChI is InChI=1S/C42H75N13O14S3/c1-22(44)33(60)49-27(13-18-70-3)38(65)51-24(9-6-7-16-43)36(63)55-30(21-32(58)59)40(67)48-23(2)34(61)50-28(14-19-71-4)39(66)53-26(11-12-31(56)57)37(64)52-25(10-8-17-47-42(45)46)35(62)54-29(41(68)69)15-20-72-5/h22-30H,6-21,43-44H2,1-5H3,(H,48,67)(H,49,60)(H,50,61)(H,51,65)(H,52,64)(H,53,66)(H,54,62)(H,55,63)(H,56,57)(H,58,59)(H,68,69)(H4,45,46,47)/t22-,23-,24-,25-,26-,27-,28-,29-,30-/m0/s1. The van der Waals surface area contributed by atoms with Crippen molar-refractivity contribution in [3.63, 3.8) is 0 Å². The van der Waals surface area contributed by atoms with Crippen molar-refractivity contribution in [2.75, 3.05) is 49.1 Å². The summed E-state index contributed by atoms with van der Waals surface area (Å²) in [5, 5.41) is 48.4. The summed E-state index contributed by atoms with van der Waals surface area (Å²) in [4.78, 5) is 147. The molecular formula is C42H75N13O14S3. The monoisotopic (exact) mass is 1080 g/mol. The van der Waals surface area contributed by atoms with Gasteiger partial charge in [-0.3, -0.25) is 52.9 Å². The molecule has 0 aromatic rings. The summed E-state index contributed by atoms with van der Waals surface area (Å²) in [6.45, 7) is 2.89. The van der Waals surface area contributed by atoms with Crippen LogP contribution in [-0.4, -0.2) is 190 Å². The third-order valence-electron chi connectivity index (χ3n) is 10.3. The largest absolute Gasteiger partial charge is 0.481 e. The van der Waals surface area contributed by atoms with Gasteiger partial charge in [-0.2, -0.15) is 35.3 Å². The summed E-state index contributed by atoms with van der Waals surface area (Å²) in [7, 11) is 0. The number of carbonyl (C=O) groups is 11. The second kappa shape index (κ2) is 37.2. The molecule has 0 spiro atoms. The van der Waals surface area contributed by atoms with E-state index in [4.69, 9.17) is 22.9 Å². The Labute approximate surface area is 431 Å². The van der Waals surface area contributed by atoms with Gasteiger partial charge in [0.15, 0.2) is 5.96 Å². The Bertz CT molecular complexity index is 1850. The van der Waals surface area contributed by atoms with Crippen LogP contribution in [0.3, 0.4) is 0 Å². The average molecular weight is 1080 g/mol. The molecule has 0 aliphatic heterocycles. The van der Waals surface area contributed by atoms with E-state index in [-0.39, 0.29) is 63.3 Å². The highest BCUT2D eigenvalue weighted by molar-refractivity contribution is 7.98. The number of aliphatic imine (C=N–C) groups is 1. The predicted octanol–water partition coefficient (Wildman–Crippen LogP) is -3.90. The first-order valence-electron chi connectivity index (χ1n) is 23.0. The van der Waals surface area contributed by atoms with Crippen LogP contribution in [0.15, 0.2) is 4.99 Å². The molecule has 410 valence electrons. The summed E-state index contributed by atoms with van der Waals surface area (Å²) >= 11 is 4.02. The zero-order valence-electron chi connectivity index (χ0n) is 41.3. The van der Waals surface area contributed by atoms with E-state index in [0.717, 1.165) is 0 Å². The summed E-state index contributed by atoms with van der Waals surface area (Å²) in [6.07, 6.45) is 4.08. The number of nitrogens with two attached hydrogens (primary N) is 4. The van der Waals surface area contributed by atoms with Gasteiger partial charge in [-0.25, -0.2) is 4.79 Å². The number of amides is 8. The van der Waals surface area contributed by atoms with Gasteiger partial charge >= 0.3 is 17.9 Å². The minimum atomic E-state index is -1.80. The van der Waals surface area contributed by atoms with Crippen LogP contribution in [-0.2, 0) is 52.7 Å². The molecule has 19 N–H and O–H groups in total. The lowest BCUT2D eigenvalue weighted by Crippen LogP contribution is -2.60. The van der Waals surface area contributed by atoms with Gasteiger partial charge in [-0.1, -0.05) is 0 Å². The first kappa shape index (κ1) is 66.4. The van der Waals surface area contributed by atoms with Crippen molar-refractivity contribution in [3.8, 4) is 0 Å². The van der Waals surface area contributed by atoms with Crippen molar-refractivity contribution in [2.24, 2.45) is 27.9 Å². The van der Waals surface area contributed by atoms with Crippen molar-refractivity contribution in [1.29, 1.82) is 0 Å². The lowest BCUT2D eigenvalue weighted by molar-refractivity contribution is -0.142. The first-order chi connectivity index (χ1) is 33.9. The number of unbranched alkanes of at least 4 members (excludes halogenated alkanes) is 1. The van der Waals surface area contributed by atoms with Crippen LogP contribution in [0.1, 0.15) is 84.5 Å². The molecule has 0 aromatic heterocycles. The Kier molecular flexibility index (Phi) is 34.3. The summed E-state index contributed by atoms with van der Waals surface area (Å²) < 4.78 is 0. The first-order valence-corrected chi connectivity index (χ1v) is 27.2. The number of hydrogen-bond donors (Lipinski definition) is 15.